The Morgan fingerprint density at radius 3 is 2.46 bits per heavy atom. The largest absolute Gasteiger partial charge is 0.492 e. The zero-order valence-corrected chi connectivity index (χ0v) is 15.5. The molecular weight excluding hydrogens is 395 g/mol. The average molecular weight is 408 g/mol. The number of hydrogen-bond acceptors (Lipinski definition) is 4. The fraction of sp³-hybridized carbons (Fsp3) is 0.133. The summed E-state index contributed by atoms with van der Waals surface area (Å²) >= 11 is 17.6. The van der Waals surface area contributed by atoms with Gasteiger partial charge in [-0.3, -0.25) is 0 Å². The van der Waals surface area contributed by atoms with Gasteiger partial charge in [0.15, 0.2) is 0 Å². The Labute approximate surface area is 155 Å². The third-order valence-corrected chi connectivity index (χ3v) is 5.10. The van der Waals surface area contributed by atoms with Gasteiger partial charge >= 0.3 is 0 Å². The van der Waals surface area contributed by atoms with E-state index >= 15 is 0 Å². The van der Waals surface area contributed by atoms with Crippen molar-refractivity contribution in [1.82, 2.24) is 4.83 Å². The topological polar surface area (TPSA) is 67.8 Å². The molecule has 0 aromatic heterocycles. The molecule has 0 amide bonds. The van der Waals surface area contributed by atoms with E-state index in [1.165, 1.54) is 24.4 Å². The van der Waals surface area contributed by atoms with Gasteiger partial charge in [-0.15, -0.1) is 0 Å². The van der Waals surface area contributed by atoms with Gasteiger partial charge in [-0.25, -0.2) is 4.83 Å². The van der Waals surface area contributed by atoms with Crippen molar-refractivity contribution < 1.29 is 13.2 Å². The summed E-state index contributed by atoms with van der Waals surface area (Å²) in [6.45, 7) is 2.35. The molecule has 0 radical (unpaired) electrons. The number of nitrogens with zero attached hydrogens (tertiary/aromatic N) is 1. The van der Waals surface area contributed by atoms with E-state index in [0.717, 1.165) is 0 Å². The first-order valence-corrected chi connectivity index (χ1v) is 9.37. The van der Waals surface area contributed by atoms with E-state index in [4.69, 9.17) is 39.5 Å². The van der Waals surface area contributed by atoms with Crippen molar-refractivity contribution in [2.75, 3.05) is 6.61 Å². The van der Waals surface area contributed by atoms with E-state index in [1.807, 2.05) is 6.92 Å². The minimum Gasteiger partial charge on any atom is -0.492 e. The van der Waals surface area contributed by atoms with Gasteiger partial charge in [0.1, 0.15) is 5.75 Å². The van der Waals surface area contributed by atoms with Crippen LogP contribution in [0.15, 0.2) is 46.4 Å². The van der Waals surface area contributed by atoms with Crippen LogP contribution in [0.3, 0.4) is 0 Å². The molecule has 0 saturated heterocycles. The highest BCUT2D eigenvalue weighted by Gasteiger charge is 2.14. The predicted molar refractivity (Wildman–Crippen MR) is 97.0 cm³/mol. The Morgan fingerprint density at radius 2 is 1.83 bits per heavy atom. The van der Waals surface area contributed by atoms with Crippen molar-refractivity contribution in [3.63, 3.8) is 0 Å². The highest BCUT2D eigenvalue weighted by molar-refractivity contribution is 7.89. The normalized spacial score (nSPS) is 11.7. The van der Waals surface area contributed by atoms with Crippen molar-refractivity contribution in [2.45, 2.75) is 11.8 Å². The maximum absolute atomic E-state index is 12.1. The molecule has 0 saturated carbocycles. The molecule has 0 aliphatic carbocycles. The zero-order chi connectivity index (χ0) is 17.7. The van der Waals surface area contributed by atoms with Gasteiger partial charge < -0.3 is 4.74 Å². The third-order valence-electron chi connectivity index (χ3n) is 2.84. The standard InChI is InChI=1S/C15H13Cl3N2O3S/c1-2-23-15-6-3-10(7-14(15)18)9-19-20-24(21,22)11-4-5-12(16)13(17)8-11/h3-9,20H,2H2,1H3/b19-9+. The van der Waals surface area contributed by atoms with Crippen LogP contribution in [0.5, 0.6) is 5.75 Å². The molecule has 2 aromatic rings. The molecule has 0 aliphatic heterocycles. The van der Waals surface area contributed by atoms with Crippen LogP contribution in [0, 0.1) is 0 Å². The minimum atomic E-state index is -3.85. The molecule has 0 unspecified atom stereocenters. The second-order valence-electron chi connectivity index (χ2n) is 4.55. The molecule has 2 rings (SSSR count). The van der Waals surface area contributed by atoms with Crippen LogP contribution in [-0.4, -0.2) is 21.2 Å². The highest BCUT2D eigenvalue weighted by atomic mass is 35.5. The quantitative estimate of drug-likeness (QED) is 0.571. The van der Waals surface area contributed by atoms with Crippen molar-refractivity contribution in [2.24, 2.45) is 5.10 Å². The van der Waals surface area contributed by atoms with Crippen LogP contribution < -0.4 is 9.57 Å². The summed E-state index contributed by atoms with van der Waals surface area (Å²) < 4.78 is 29.6. The van der Waals surface area contributed by atoms with E-state index in [-0.39, 0.29) is 14.9 Å². The van der Waals surface area contributed by atoms with Crippen molar-refractivity contribution in [3.8, 4) is 5.75 Å². The van der Waals surface area contributed by atoms with Gasteiger partial charge in [-0.1, -0.05) is 34.8 Å². The van der Waals surface area contributed by atoms with Crippen LogP contribution in [0.1, 0.15) is 12.5 Å². The van der Waals surface area contributed by atoms with Crippen LogP contribution >= 0.6 is 34.8 Å². The summed E-state index contributed by atoms with van der Waals surface area (Å²) in [6.07, 6.45) is 1.33. The first kappa shape index (κ1) is 18.9. The van der Waals surface area contributed by atoms with E-state index in [1.54, 1.807) is 18.2 Å². The maximum Gasteiger partial charge on any atom is 0.276 e. The van der Waals surface area contributed by atoms with E-state index in [2.05, 4.69) is 9.93 Å². The van der Waals surface area contributed by atoms with Crippen LogP contribution in [0.2, 0.25) is 15.1 Å². The summed E-state index contributed by atoms with van der Waals surface area (Å²) in [4.78, 5) is 2.05. The van der Waals surface area contributed by atoms with Crippen molar-refractivity contribution >= 4 is 51.0 Å². The van der Waals surface area contributed by atoms with E-state index < -0.39 is 10.0 Å². The Bertz CT molecular complexity index is 870. The van der Waals surface area contributed by atoms with E-state index in [0.29, 0.717) is 22.9 Å². The fourth-order valence-electron chi connectivity index (χ4n) is 1.74. The first-order chi connectivity index (χ1) is 11.3. The minimum absolute atomic E-state index is 0.0428. The Morgan fingerprint density at radius 1 is 1.08 bits per heavy atom. The molecule has 9 heteroatoms. The number of benzene rings is 2. The van der Waals surface area contributed by atoms with Crippen molar-refractivity contribution in [1.29, 1.82) is 0 Å². The molecule has 0 spiro atoms. The van der Waals surface area contributed by atoms with Gasteiger partial charge in [0, 0.05) is 0 Å². The van der Waals surface area contributed by atoms with Crippen molar-refractivity contribution in [3.05, 3.63) is 57.0 Å². The lowest BCUT2D eigenvalue weighted by Crippen LogP contribution is -2.18. The lowest BCUT2D eigenvalue weighted by atomic mass is 10.2. The van der Waals surface area contributed by atoms with E-state index in [9.17, 15) is 8.42 Å². The molecular formula is C15H13Cl3N2O3S. The maximum atomic E-state index is 12.1. The molecule has 0 fully saturated rings. The van der Waals surface area contributed by atoms with Gasteiger partial charge in [0.2, 0.25) is 0 Å². The monoisotopic (exact) mass is 406 g/mol. The number of hydrogen-bond donors (Lipinski definition) is 1. The Hall–Kier alpha value is -1.47. The molecule has 0 heterocycles. The summed E-state index contributed by atoms with van der Waals surface area (Å²) in [5.74, 6) is 0.549. The predicted octanol–water partition coefficient (Wildman–Crippen LogP) is 4.36. The summed E-state index contributed by atoms with van der Waals surface area (Å²) in [6, 6.07) is 8.97. The summed E-state index contributed by atoms with van der Waals surface area (Å²) in [7, 11) is -3.85. The smallest absolute Gasteiger partial charge is 0.276 e. The van der Waals surface area contributed by atoms with Gasteiger partial charge in [0.25, 0.3) is 10.0 Å². The van der Waals surface area contributed by atoms with Crippen LogP contribution in [-0.2, 0) is 10.0 Å². The molecule has 0 aliphatic rings. The molecule has 0 bridgehead atoms. The third kappa shape index (κ3) is 4.77. The van der Waals surface area contributed by atoms with Crippen LogP contribution in [0.4, 0.5) is 0 Å². The Balaban J connectivity index is 2.12. The molecule has 2 aromatic carbocycles. The molecule has 128 valence electrons. The molecule has 24 heavy (non-hydrogen) atoms. The second-order valence-corrected chi connectivity index (χ2v) is 7.43. The number of nitrogens with one attached hydrogen (secondary N) is 1. The number of hydrazone groups is 1. The number of ether oxygens (including phenoxy) is 1. The zero-order valence-electron chi connectivity index (χ0n) is 12.5. The van der Waals surface area contributed by atoms with Gasteiger partial charge in [0.05, 0.1) is 32.8 Å². The summed E-state index contributed by atoms with van der Waals surface area (Å²) in [5.41, 5.74) is 0.611. The molecule has 5 nitrogen and oxygen atoms in total. The van der Waals surface area contributed by atoms with Crippen LogP contribution in [0.25, 0.3) is 0 Å². The lowest BCUT2D eigenvalue weighted by Gasteiger charge is -2.06. The molecule has 0 atom stereocenters. The number of halogens is 3. The van der Waals surface area contributed by atoms with Gasteiger partial charge in [-0.05, 0) is 48.9 Å². The van der Waals surface area contributed by atoms with Gasteiger partial charge in [-0.2, -0.15) is 13.5 Å². The lowest BCUT2D eigenvalue weighted by molar-refractivity contribution is 0.340. The second kappa shape index (κ2) is 8.07. The molecule has 1 N–H and O–H groups in total. The summed E-state index contributed by atoms with van der Waals surface area (Å²) in [5, 5.41) is 4.54. The number of rotatable bonds is 6. The Kier molecular flexibility index (Phi) is 6.34. The highest BCUT2D eigenvalue weighted by Crippen LogP contribution is 2.25. The fourth-order valence-corrected chi connectivity index (χ4v) is 3.16. The first-order valence-electron chi connectivity index (χ1n) is 6.75. The SMILES string of the molecule is CCOc1ccc(/C=N/NS(=O)(=O)c2ccc(Cl)c(Cl)c2)cc1Cl. The number of sulfonamides is 1. The average Bonchev–Trinajstić information content (AvgIpc) is 2.52.